The summed E-state index contributed by atoms with van der Waals surface area (Å²) in [5.41, 5.74) is -1.93. The summed E-state index contributed by atoms with van der Waals surface area (Å²) in [6, 6.07) is 5.53. The van der Waals surface area contributed by atoms with Gasteiger partial charge < -0.3 is 9.15 Å². The largest absolute Gasteiger partial charge is 0.462 e. The molecule has 124 valence electrons. The molecule has 0 spiro atoms. The third-order valence-corrected chi connectivity index (χ3v) is 3.49. The molecule has 1 aromatic heterocycles. The minimum absolute atomic E-state index is 0.0760. The highest BCUT2D eigenvalue weighted by atomic mass is 19.4. The second-order valence-corrected chi connectivity index (χ2v) is 4.93. The van der Waals surface area contributed by atoms with E-state index in [0.717, 1.165) is 0 Å². The van der Waals surface area contributed by atoms with Crippen molar-refractivity contribution in [3.8, 4) is 0 Å². The summed E-state index contributed by atoms with van der Waals surface area (Å²) in [7, 11) is 0. The predicted octanol–water partition coefficient (Wildman–Crippen LogP) is 3.25. The molecular formula is C16H9F3O5. The van der Waals surface area contributed by atoms with Gasteiger partial charge in [0.1, 0.15) is 5.56 Å². The van der Waals surface area contributed by atoms with E-state index in [0.29, 0.717) is 0 Å². The number of hydrogen-bond acceptors (Lipinski definition) is 5. The molecular weight excluding hydrogens is 329 g/mol. The van der Waals surface area contributed by atoms with Crippen LogP contribution < -0.4 is 0 Å². The first-order valence-electron chi connectivity index (χ1n) is 6.86. The van der Waals surface area contributed by atoms with Crippen molar-refractivity contribution < 1.29 is 36.7 Å². The number of carbonyl (C=O) groups excluding carboxylic acids is 3. The minimum atomic E-state index is -5.06. The van der Waals surface area contributed by atoms with Gasteiger partial charge in [-0.05, 0) is 6.92 Å². The van der Waals surface area contributed by atoms with Gasteiger partial charge in [0.2, 0.25) is 11.5 Å². The van der Waals surface area contributed by atoms with Gasteiger partial charge in [0.05, 0.1) is 12.2 Å². The quantitative estimate of drug-likeness (QED) is 0.671. The van der Waals surface area contributed by atoms with Crippen LogP contribution in [-0.2, 0) is 10.9 Å². The molecule has 0 saturated carbocycles. The third-order valence-electron chi connectivity index (χ3n) is 3.49. The Morgan fingerprint density at radius 2 is 1.71 bits per heavy atom. The van der Waals surface area contributed by atoms with Crippen molar-refractivity contribution in [2.75, 3.05) is 6.61 Å². The summed E-state index contributed by atoms with van der Waals surface area (Å²) in [5, 5.41) is 0. The van der Waals surface area contributed by atoms with Gasteiger partial charge in [-0.25, -0.2) is 4.79 Å². The van der Waals surface area contributed by atoms with Crippen LogP contribution in [0.3, 0.4) is 0 Å². The van der Waals surface area contributed by atoms with Gasteiger partial charge >= 0.3 is 12.1 Å². The lowest BCUT2D eigenvalue weighted by molar-refractivity contribution is -0.153. The van der Waals surface area contributed by atoms with E-state index in [1.54, 1.807) is 0 Å². The fourth-order valence-corrected chi connectivity index (χ4v) is 2.54. The lowest BCUT2D eigenvalue weighted by atomic mass is 9.86. The number of alkyl halides is 3. The molecule has 5 nitrogen and oxygen atoms in total. The molecule has 1 aliphatic carbocycles. The molecule has 0 saturated heterocycles. The smallest absolute Gasteiger partial charge is 0.450 e. The number of ketones is 2. The standard InChI is InChI=1S/C16H9F3O5/c1-2-23-15(22)10-9-11(20)7-5-3-4-6-8(7)12(21)13(9)24-14(10)16(17,18)19/h3-6H,2H2,1H3. The molecule has 0 aliphatic heterocycles. The first-order chi connectivity index (χ1) is 11.3. The fourth-order valence-electron chi connectivity index (χ4n) is 2.54. The summed E-state index contributed by atoms with van der Waals surface area (Å²) in [5.74, 6) is -5.64. The highest BCUT2D eigenvalue weighted by molar-refractivity contribution is 6.29. The second-order valence-electron chi connectivity index (χ2n) is 4.93. The van der Waals surface area contributed by atoms with Gasteiger partial charge in [-0.1, -0.05) is 24.3 Å². The molecule has 0 bridgehead atoms. The molecule has 0 unspecified atom stereocenters. The number of halogens is 3. The van der Waals surface area contributed by atoms with E-state index >= 15 is 0 Å². The molecule has 0 fully saturated rings. The Bertz CT molecular complexity index is 876. The molecule has 1 aromatic carbocycles. The number of benzene rings is 1. The zero-order chi connectivity index (χ0) is 17.6. The number of esters is 1. The monoisotopic (exact) mass is 338 g/mol. The molecule has 0 radical (unpaired) electrons. The number of rotatable bonds is 2. The summed E-state index contributed by atoms with van der Waals surface area (Å²) in [4.78, 5) is 36.9. The Kier molecular flexibility index (Phi) is 3.55. The lowest BCUT2D eigenvalue weighted by Gasteiger charge is -2.13. The van der Waals surface area contributed by atoms with Gasteiger partial charge in [0, 0.05) is 11.1 Å². The van der Waals surface area contributed by atoms with Gasteiger partial charge in [0.15, 0.2) is 11.5 Å². The van der Waals surface area contributed by atoms with Crippen LogP contribution in [0.15, 0.2) is 28.7 Å². The van der Waals surface area contributed by atoms with Crippen molar-refractivity contribution in [1.29, 1.82) is 0 Å². The second kappa shape index (κ2) is 5.33. The first kappa shape index (κ1) is 16.0. The number of ether oxygens (including phenoxy) is 1. The van der Waals surface area contributed by atoms with E-state index in [-0.39, 0.29) is 17.7 Å². The molecule has 0 atom stereocenters. The van der Waals surface area contributed by atoms with E-state index in [1.165, 1.54) is 31.2 Å². The van der Waals surface area contributed by atoms with E-state index in [9.17, 15) is 27.6 Å². The maximum Gasteiger partial charge on any atom is 0.450 e. The number of furan rings is 1. The van der Waals surface area contributed by atoms with Gasteiger partial charge in [-0.3, -0.25) is 9.59 Å². The zero-order valence-corrected chi connectivity index (χ0v) is 12.2. The van der Waals surface area contributed by atoms with E-state index in [2.05, 4.69) is 9.15 Å². The van der Waals surface area contributed by atoms with Gasteiger partial charge in [0.25, 0.3) is 0 Å². The molecule has 1 aliphatic rings. The number of hydrogen-bond donors (Lipinski definition) is 0. The molecule has 0 N–H and O–H groups in total. The SMILES string of the molecule is CCOC(=O)c1c(C(F)(F)F)oc2c1C(=O)c1ccccc1C2=O. The van der Waals surface area contributed by atoms with Crippen LogP contribution in [-0.4, -0.2) is 24.1 Å². The Hall–Kier alpha value is -2.90. The van der Waals surface area contributed by atoms with E-state index in [1.807, 2.05) is 0 Å². The topological polar surface area (TPSA) is 73.6 Å². The number of carbonyl (C=O) groups is 3. The summed E-state index contributed by atoms with van der Waals surface area (Å²) < 4.78 is 48.8. The van der Waals surface area contributed by atoms with Crippen LogP contribution in [0.1, 0.15) is 55.1 Å². The van der Waals surface area contributed by atoms with Crippen LogP contribution in [0.25, 0.3) is 0 Å². The maximum absolute atomic E-state index is 13.2. The summed E-state index contributed by atoms with van der Waals surface area (Å²) >= 11 is 0. The van der Waals surface area contributed by atoms with Crippen molar-refractivity contribution in [1.82, 2.24) is 0 Å². The predicted molar refractivity (Wildman–Crippen MR) is 73.0 cm³/mol. The highest BCUT2D eigenvalue weighted by Crippen LogP contribution is 2.40. The summed E-state index contributed by atoms with van der Waals surface area (Å²) in [6.45, 7) is 1.20. The molecule has 2 aromatic rings. The van der Waals surface area contributed by atoms with Gasteiger partial charge in [-0.2, -0.15) is 13.2 Å². The van der Waals surface area contributed by atoms with Crippen LogP contribution >= 0.6 is 0 Å². The van der Waals surface area contributed by atoms with Crippen molar-refractivity contribution >= 4 is 17.5 Å². The van der Waals surface area contributed by atoms with Crippen LogP contribution in [0.5, 0.6) is 0 Å². The van der Waals surface area contributed by atoms with Crippen LogP contribution in [0.4, 0.5) is 13.2 Å². The Morgan fingerprint density at radius 3 is 2.25 bits per heavy atom. The Labute approximate surface area is 133 Å². The zero-order valence-electron chi connectivity index (χ0n) is 12.2. The maximum atomic E-state index is 13.2. The average molecular weight is 338 g/mol. The minimum Gasteiger partial charge on any atom is -0.462 e. The van der Waals surface area contributed by atoms with Gasteiger partial charge in [-0.15, -0.1) is 0 Å². The van der Waals surface area contributed by atoms with E-state index < -0.39 is 46.4 Å². The van der Waals surface area contributed by atoms with Crippen LogP contribution in [0, 0.1) is 0 Å². The van der Waals surface area contributed by atoms with E-state index in [4.69, 9.17) is 0 Å². The van der Waals surface area contributed by atoms with Crippen molar-refractivity contribution in [2.24, 2.45) is 0 Å². The van der Waals surface area contributed by atoms with Crippen molar-refractivity contribution in [3.63, 3.8) is 0 Å². The molecule has 1 heterocycles. The molecule has 24 heavy (non-hydrogen) atoms. The first-order valence-corrected chi connectivity index (χ1v) is 6.86. The average Bonchev–Trinajstić information content (AvgIpc) is 2.94. The number of fused-ring (bicyclic) bond motifs is 2. The molecule has 3 rings (SSSR count). The molecule has 0 amide bonds. The summed E-state index contributed by atoms with van der Waals surface area (Å²) in [6.07, 6.45) is -5.06. The van der Waals surface area contributed by atoms with Crippen LogP contribution in [0.2, 0.25) is 0 Å². The lowest BCUT2D eigenvalue weighted by Crippen LogP contribution is -2.22. The van der Waals surface area contributed by atoms with Crippen molar-refractivity contribution in [3.05, 3.63) is 58.0 Å². The third kappa shape index (κ3) is 2.22. The Morgan fingerprint density at radius 1 is 1.12 bits per heavy atom. The molecule has 8 heteroatoms. The fraction of sp³-hybridized carbons (Fsp3) is 0.188. The van der Waals surface area contributed by atoms with Crippen molar-refractivity contribution in [2.45, 2.75) is 13.1 Å². The highest BCUT2D eigenvalue weighted by Gasteiger charge is 2.48. The Balaban J connectivity index is 2.32. The normalized spacial score (nSPS) is 13.5.